The zero-order valence-electron chi connectivity index (χ0n) is 6.75. The highest BCUT2D eigenvalue weighted by Gasteiger charge is 2.06. The van der Waals surface area contributed by atoms with Crippen molar-refractivity contribution in [1.82, 2.24) is 4.90 Å². The first-order valence-corrected chi connectivity index (χ1v) is 5.70. The molecule has 0 aliphatic carbocycles. The second kappa shape index (κ2) is 4.42. The first-order chi connectivity index (χ1) is 5.20. The lowest BCUT2D eigenvalue weighted by molar-refractivity contribution is 0.396. The summed E-state index contributed by atoms with van der Waals surface area (Å²) in [5.74, 6) is 0. The molecule has 1 aromatic rings. The fourth-order valence-corrected chi connectivity index (χ4v) is 1.98. The summed E-state index contributed by atoms with van der Waals surface area (Å²) < 4.78 is 0.613. The van der Waals surface area contributed by atoms with E-state index in [0.29, 0.717) is 4.05 Å². The highest BCUT2D eigenvalue weighted by Crippen LogP contribution is 2.14. The van der Waals surface area contributed by atoms with E-state index in [1.165, 1.54) is 5.56 Å². The third-order valence-corrected chi connectivity index (χ3v) is 3.83. The molecular weight excluding hydrogens is 269 g/mol. The maximum absolute atomic E-state index is 2.46. The molecule has 1 aromatic heterocycles. The number of rotatable bonds is 3. The molecule has 0 fully saturated rings. The quantitative estimate of drug-likeness (QED) is 0.467. The van der Waals surface area contributed by atoms with Crippen molar-refractivity contribution in [2.75, 3.05) is 14.1 Å². The first kappa shape index (κ1) is 9.48. The Balaban J connectivity index is 2.43. The van der Waals surface area contributed by atoms with Gasteiger partial charge in [0, 0.05) is 0 Å². The zero-order valence-corrected chi connectivity index (χ0v) is 9.72. The zero-order chi connectivity index (χ0) is 8.27. The molecule has 0 aliphatic heterocycles. The third-order valence-electron chi connectivity index (χ3n) is 1.54. The van der Waals surface area contributed by atoms with Gasteiger partial charge in [0.1, 0.15) is 0 Å². The minimum absolute atomic E-state index is 0.613. The predicted molar refractivity (Wildman–Crippen MR) is 59.5 cm³/mol. The van der Waals surface area contributed by atoms with Crippen LogP contribution in [0.2, 0.25) is 0 Å². The largest absolute Gasteiger partial charge is 0.298 e. The molecule has 0 spiro atoms. The standard InChI is InChI=1S/C8H12INS/c1-10(2)8(9)5-7-3-4-11-6-7/h3-4,6,8H,5H2,1-2H3/t8-/m0/s1. The average molecular weight is 281 g/mol. The van der Waals surface area contributed by atoms with Crippen LogP contribution < -0.4 is 0 Å². The molecule has 0 saturated heterocycles. The van der Waals surface area contributed by atoms with E-state index in [9.17, 15) is 0 Å². The normalized spacial score (nSPS) is 13.8. The Morgan fingerprint density at radius 3 is 2.82 bits per heavy atom. The second-order valence-corrected chi connectivity index (χ2v) is 4.95. The molecule has 0 radical (unpaired) electrons. The monoisotopic (exact) mass is 281 g/mol. The van der Waals surface area contributed by atoms with Crippen molar-refractivity contribution >= 4 is 33.9 Å². The summed E-state index contributed by atoms with van der Waals surface area (Å²) in [7, 11) is 4.23. The lowest BCUT2D eigenvalue weighted by Gasteiger charge is -2.16. The number of hydrogen-bond acceptors (Lipinski definition) is 2. The smallest absolute Gasteiger partial charge is 0.0654 e. The molecule has 0 bridgehead atoms. The van der Waals surface area contributed by atoms with Gasteiger partial charge >= 0.3 is 0 Å². The topological polar surface area (TPSA) is 3.24 Å². The van der Waals surface area contributed by atoms with Gasteiger partial charge < -0.3 is 0 Å². The molecule has 0 saturated carbocycles. The fraction of sp³-hybridized carbons (Fsp3) is 0.500. The Morgan fingerprint density at radius 2 is 2.36 bits per heavy atom. The van der Waals surface area contributed by atoms with E-state index in [1.807, 2.05) is 0 Å². The molecule has 0 unspecified atom stereocenters. The molecule has 62 valence electrons. The molecule has 0 amide bonds. The van der Waals surface area contributed by atoms with Crippen LogP contribution in [-0.4, -0.2) is 23.0 Å². The van der Waals surface area contributed by atoms with Crippen molar-refractivity contribution in [1.29, 1.82) is 0 Å². The summed E-state index contributed by atoms with van der Waals surface area (Å²) >= 11 is 4.23. The van der Waals surface area contributed by atoms with Crippen LogP contribution in [0.25, 0.3) is 0 Å². The molecule has 1 nitrogen and oxygen atoms in total. The van der Waals surface area contributed by atoms with Crippen molar-refractivity contribution in [3.8, 4) is 0 Å². The fourth-order valence-electron chi connectivity index (χ4n) is 0.786. The Bertz CT molecular complexity index is 196. The van der Waals surface area contributed by atoms with Gasteiger partial charge in [0.25, 0.3) is 0 Å². The van der Waals surface area contributed by atoms with Gasteiger partial charge in [-0.2, -0.15) is 11.3 Å². The second-order valence-electron chi connectivity index (χ2n) is 2.73. The summed E-state index contributed by atoms with van der Waals surface area (Å²) in [4.78, 5) is 2.23. The lowest BCUT2D eigenvalue weighted by atomic mass is 10.2. The molecule has 1 heterocycles. The summed E-state index contributed by atoms with van der Waals surface area (Å²) in [6.07, 6.45) is 1.15. The van der Waals surface area contributed by atoms with Gasteiger partial charge in [0.15, 0.2) is 0 Å². The highest BCUT2D eigenvalue weighted by molar-refractivity contribution is 14.1. The SMILES string of the molecule is CN(C)[C@H](I)Cc1ccsc1. The minimum atomic E-state index is 0.613. The number of hydrogen-bond donors (Lipinski definition) is 0. The Hall–Kier alpha value is 0.390. The van der Waals surface area contributed by atoms with Crippen LogP contribution in [-0.2, 0) is 6.42 Å². The number of nitrogens with zero attached hydrogens (tertiary/aromatic N) is 1. The van der Waals surface area contributed by atoms with Crippen molar-refractivity contribution in [2.24, 2.45) is 0 Å². The molecule has 0 aliphatic rings. The van der Waals surface area contributed by atoms with E-state index in [4.69, 9.17) is 0 Å². The van der Waals surface area contributed by atoms with E-state index >= 15 is 0 Å². The Kier molecular flexibility index (Phi) is 3.81. The average Bonchev–Trinajstić information content (AvgIpc) is 2.39. The summed E-state index contributed by atoms with van der Waals surface area (Å²) in [6, 6.07) is 2.19. The van der Waals surface area contributed by atoms with E-state index in [0.717, 1.165) is 6.42 Å². The maximum Gasteiger partial charge on any atom is 0.0654 e. The van der Waals surface area contributed by atoms with E-state index in [2.05, 4.69) is 58.4 Å². The van der Waals surface area contributed by atoms with Gasteiger partial charge in [-0.05, 0) is 42.9 Å². The molecule has 3 heteroatoms. The van der Waals surface area contributed by atoms with Crippen molar-refractivity contribution in [3.63, 3.8) is 0 Å². The predicted octanol–water partition coefficient (Wildman–Crippen LogP) is 2.61. The maximum atomic E-state index is 2.46. The Labute approximate surface area is 85.6 Å². The van der Waals surface area contributed by atoms with Crippen LogP contribution in [0.15, 0.2) is 16.8 Å². The van der Waals surface area contributed by atoms with E-state index < -0.39 is 0 Å². The summed E-state index contributed by atoms with van der Waals surface area (Å²) in [5, 5.41) is 4.35. The minimum Gasteiger partial charge on any atom is -0.298 e. The van der Waals surface area contributed by atoms with Gasteiger partial charge in [-0.3, -0.25) is 4.90 Å². The van der Waals surface area contributed by atoms with Crippen LogP contribution in [0.4, 0.5) is 0 Å². The Morgan fingerprint density at radius 1 is 1.64 bits per heavy atom. The summed E-state index contributed by atoms with van der Waals surface area (Å²) in [6.45, 7) is 0. The van der Waals surface area contributed by atoms with E-state index in [-0.39, 0.29) is 0 Å². The molecule has 11 heavy (non-hydrogen) atoms. The van der Waals surface area contributed by atoms with Crippen LogP contribution in [0.3, 0.4) is 0 Å². The van der Waals surface area contributed by atoms with Gasteiger partial charge in [-0.1, -0.05) is 22.6 Å². The van der Waals surface area contributed by atoms with Crippen molar-refractivity contribution in [3.05, 3.63) is 22.4 Å². The van der Waals surface area contributed by atoms with Crippen LogP contribution in [0, 0.1) is 0 Å². The first-order valence-electron chi connectivity index (χ1n) is 3.51. The lowest BCUT2D eigenvalue weighted by Crippen LogP contribution is -2.23. The van der Waals surface area contributed by atoms with Crippen LogP contribution >= 0.6 is 33.9 Å². The highest BCUT2D eigenvalue weighted by atomic mass is 127. The van der Waals surface area contributed by atoms with Gasteiger partial charge in [0.2, 0.25) is 0 Å². The van der Waals surface area contributed by atoms with Crippen LogP contribution in [0.5, 0.6) is 0 Å². The molecule has 1 rings (SSSR count). The van der Waals surface area contributed by atoms with E-state index in [1.54, 1.807) is 11.3 Å². The van der Waals surface area contributed by atoms with Gasteiger partial charge in [-0.25, -0.2) is 0 Å². The molecule has 0 N–H and O–H groups in total. The van der Waals surface area contributed by atoms with Crippen molar-refractivity contribution < 1.29 is 0 Å². The van der Waals surface area contributed by atoms with Gasteiger partial charge in [0.05, 0.1) is 4.05 Å². The molecule has 1 atom stereocenters. The van der Waals surface area contributed by atoms with Crippen molar-refractivity contribution in [2.45, 2.75) is 10.5 Å². The number of thiophene rings is 1. The summed E-state index contributed by atoms with van der Waals surface area (Å²) in [5.41, 5.74) is 1.45. The number of alkyl halides is 1. The van der Waals surface area contributed by atoms with Crippen LogP contribution in [0.1, 0.15) is 5.56 Å². The molecule has 0 aromatic carbocycles. The third kappa shape index (κ3) is 3.09. The molecular formula is C8H12INS. The van der Waals surface area contributed by atoms with Gasteiger partial charge in [-0.15, -0.1) is 0 Å². The number of likely N-dealkylation sites (N-methyl/N-ethyl adjacent to an activating group) is 1. The number of halogens is 1.